The highest BCUT2D eigenvalue weighted by molar-refractivity contribution is 7.98. The molecule has 0 radical (unpaired) electrons. The van der Waals surface area contributed by atoms with Crippen molar-refractivity contribution in [3.05, 3.63) is 47.2 Å². The van der Waals surface area contributed by atoms with Gasteiger partial charge in [0, 0.05) is 11.9 Å². The average molecular weight is 357 g/mol. The molecule has 0 saturated carbocycles. The maximum absolute atomic E-state index is 12.5. The first-order valence-corrected chi connectivity index (χ1v) is 7.88. The summed E-state index contributed by atoms with van der Waals surface area (Å²) in [6.45, 7) is 1.88. The number of rotatable bonds is 5. The summed E-state index contributed by atoms with van der Waals surface area (Å²) in [5.74, 6) is -0.233. The SMILES string of the molecule is CCOC(=O)c1cnc(SCc2ccc(C(F)(F)F)cc2)nc1N. The Bertz CT molecular complexity index is 721. The number of carbonyl (C=O) groups excluding carboxylic acids is 1. The average Bonchev–Trinajstić information content (AvgIpc) is 2.52. The van der Waals surface area contributed by atoms with Crippen LogP contribution in [0, 0.1) is 0 Å². The number of nitrogens with zero attached hydrogens (tertiary/aromatic N) is 2. The molecule has 0 amide bonds. The van der Waals surface area contributed by atoms with Gasteiger partial charge in [-0.15, -0.1) is 0 Å². The Morgan fingerprint density at radius 3 is 2.50 bits per heavy atom. The number of carbonyl (C=O) groups is 1. The number of aromatic nitrogens is 2. The number of ether oxygens (including phenoxy) is 1. The van der Waals surface area contributed by atoms with Gasteiger partial charge in [-0.05, 0) is 24.6 Å². The number of esters is 1. The Hall–Kier alpha value is -2.29. The van der Waals surface area contributed by atoms with Crippen molar-refractivity contribution in [3.63, 3.8) is 0 Å². The van der Waals surface area contributed by atoms with E-state index in [0.29, 0.717) is 16.5 Å². The van der Waals surface area contributed by atoms with E-state index in [1.807, 2.05) is 0 Å². The van der Waals surface area contributed by atoms with Crippen LogP contribution in [0.1, 0.15) is 28.4 Å². The summed E-state index contributed by atoms with van der Waals surface area (Å²) < 4.78 is 42.3. The molecule has 0 saturated heterocycles. The van der Waals surface area contributed by atoms with E-state index in [-0.39, 0.29) is 18.0 Å². The molecule has 1 aromatic carbocycles. The van der Waals surface area contributed by atoms with Gasteiger partial charge in [-0.25, -0.2) is 14.8 Å². The van der Waals surface area contributed by atoms with Crippen LogP contribution in [0.15, 0.2) is 35.6 Å². The zero-order valence-corrected chi connectivity index (χ0v) is 13.4. The molecule has 2 N–H and O–H groups in total. The van der Waals surface area contributed by atoms with Crippen LogP contribution in [0.5, 0.6) is 0 Å². The van der Waals surface area contributed by atoms with Gasteiger partial charge in [0.1, 0.15) is 11.4 Å². The molecule has 0 atom stereocenters. The molecular formula is C15H14F3N3O2S. The topological polar surface area (TPSA) is 78.1 Å². The summed E-state index contributed by atoms with van der Waals surface area (Å²) in [7, 11) is 0. The highest BCUT2D eigenvalue weighted by atomic mass is 32.2. The van der Waals surface area contributed by atoms with Gasteiger partial charge in [0.05, 0.1) is 12.2 Å². The maximum atomic E-state index is 12.5. The Morgan fingerprint density at radius 2 is 1.96 bits per heavy atom. The summed E-state index contributed by atoms with van der Waals surface area (Å²) in [5.41, 5.74) is 5.76. The minimum Gasteiger partial charge on any atom is -0.462 e. The summed E-state index contributed by atoms with van der Waals surface area (Å²) >= 11 is 1.20. The lowest BCUT2D eigenvalue weighted by molar-refractivity contribution is -0.137. The van der Waals surface area contributed by atoms with Crippen LogP contribution in [0.3, 0.4) is 0 Å². The monoisotopic (exact) mass is 357 g/mol. The molecule has 1 aromatic heterocycles. The van der Waals surface area contributed by atoms with Crippen molar-refractivity contribution in [1.29, 1.82) is 0 Å². The normalized spacial score (nSPS) is 11.3. The van der Waals surface area contributed by atoms with Crippen LogP contribution in [-0.4, -0.2) is 22.5 Å². The van der Waals surface area contributed by atoms with Gasteiger partial charge < -0.3 is 10.5 Å². The molecule has 24 heavy (non-hydrogen) atoms. The van der Waals surface area contributed by atoms with E-state index in [1.54, 1.807) is 6.92 Å². The summed E-state index contributed by atoms with van der Waals surface area (Å²) in [4.78, 5) is 19.6. The zero-order chi connectivity index (χ0) is 17.7. The van der Waals surface area contributed by atoms with Gasteiger partial charge in [-0.1, -0.05) is 23.9 Å². The molecular weight excluding hydrogens is 343 g/mol. The van der Waals surface area contributed by atoms with Crippen LogP contribution >= 0.6 is 11.8 Å². The first-order valence-electron chi connectivity index (χ1n) is 6.90. The van der Waals surface area contributed by atoms with E-state index >= 15 is 0 Å². The predicted octanol–water partition coefficient (Wildman–Crippen LogP) is 3.55. The fraction of sp³-hybridized carbons (Fsp3) is 0.267. The fourth-order valence-corrected chi connectivity index (χ4v) is 2.53. The van der Waals surface area contributed by atoms with Gasteiger partial charge in [-0.3, -0.25) is 0 Å². The third kappa shape index (κ3) is 4.60. The number of anilines is 1. The third-order valence-corrected chi connectivity index (χ3v) is 3.87. The van der Waals surface area contributed by atoms with Crippen LogP contribution in [0.25, 0.3) is 0 Å². The maximum Gasteiger partial charge on any atom is 0.416 e. The van der Waals surface area contributed by atoms with Crippen molar-refractivity contribution in [2.45, 2.75) is 24.0 Å². The zero-order valence-electron chi connectivity index (χ0n) is 12.6. The summed E-state index contributed by atoms with van der Waals surface area (Å²) in [6, 6.07) is 4.84. The van der Waals surface area contributed by atoms with Gasteiger partial charge in [-0.2, -0.15) is 13.2 Å². The highest BCUT2D eigenvalue weighted by Gasteiger charge is 2.29. The Labute approximate surface area is 140 Å². The minimum atomic E-state index is -4.35. The molecule has 0 spiro atoms. The van der Waals surface area contributed by atoms with Crippen molar-refractivity contribution in [2.24, 2.45) is 0 Å². The first kappa shape index (κ1) is 18.1. The summed E-state index contributed by atoms with van der Waals surface area (Å²) in [5, 5.41) is 0.320. The quantitative estimate of drug-likeness (QED) is 0.501. The Balaban J connectivity index is 2.02. The largest absolute Gasteiger partial charge is 0.462 e. The van der Waals surface area contributed by atoms with Crippen LogP contribution in [0.4, 0.5) is 19.0 Å². The number of hydrogen-bond donors (Lipinski definition) is 1. The van der Waals surface area contributed by atoms with Crippen LogP contribution in [0.2, 0.25) is 0 Å². The minimum absolute atomic E-state index is 0.00151. The smallest absolute Gasteiger partial charge is 0.416 e. The second-order valence-electron chi connectivity index (χ2n) is 4.66. The second-order valence-corrected chi connectivity index (χ2v) is 5.60. The third-order valence-electron chi connectivity index (χ3n) is 2.94. The number of thioether (sulfide) groups is 1. The Kier molecular flexibility index (Phi) is 5.66. The van der Waals surface area contributed by atoms with Gasteiger partial charge in [0.2, 0.25) is 0 Å². The predicted molar refractivity (Wildman–Crippen MR) is 83.4 cm³/mol. The molecule has 1 heterocycles. The second kappa shape index (κ2) is 7.52. The van der Waals surface area contributed by atoms with Crippen molar-refractivity contribution >= 4 is 23.5 Å². The molecule has 0 fully saturated rings. The van der Waals surface area contributed by atoms with Crippen LogP contribution < -0.4 is 5.73 Å². The molecule has 0 unspecified atom stereocenters. The van der Waals surface area contributed by atoms with Crippen LogP contribution in [-0.2, 0) is 16.7 Å². The van der Waals surface area contributed by atoms with E-state index in [9.17, 15) is 18.0 Å². The molecule has 9 heteroatoms. The number of alkyl halides is 3. The number of nitrogens with two attached hydrogens (primary N) is 1. The molecule has 0 bridgehead atoms. The molecule has 0 aliphatic rings. The lowest BCUT2D eigenvalue weighted by Crippen LogP contribution is -2.10. The highest BCUT2D eigenvalue weighted by Crippen LogP contribution is 2.30. The summed E-state index contributed by atoms with van der Waals surface area (Å²) in [6.07, 6.45) is -3.08. The number of halogens is 3. The van der Waals surface area contributed by atoms with Gasteiger partial charge in [0.25, 0.3) is 0 Å². The number of benzene rings is 1. The lowest BCUT2D eigenvalue weighted by Gasteiger charge is -2.08. The number of nitrogen functional groups attached to an aromatic ring is 1. The van der Waals surface area contributed by atoms with E-state index in [2.05, 4.69) is 9.97 Å². The van der Waals surface area contributed by atoms with Crippen molar-refractivity contribution in [1.82, 2.24) is 9.97 Å². The van der Waals surface area contributed by atoms with Crippen molar-refractivity contribution in [2.75, 3.05) is 12.3 Å². The molecule has 128 valence electrons. The van der Waals surface area contributed by atoms with E-state index in [4.69, 9.17) is 10.5 Å². The molecule has 0 aliphatic carbocycles. The first-order chi connectivity index (χ1) is 11.3. The van der Waals surface area contributed by atoms with E-state index in [0.717, 1.165) is 12.1 Å². The van der Waals surface area contributed by atoms with E-state index < -0.39 is 17.7 Å². The Morgan fingerprint density at radius 1 is 1.29 bits per heavy atom. The van der Waals surface area contributed by atoms with Crippen molar-refractivity contribution in [3.8, 4) is 0 Å². The van der Waals surface area contributed by atoms with Crippen molar-refractivity contribution < 1.29 is 22.7 Å². The molecule has 2 rings (SSSR count). The fourth-order valence-electron chi connectivity index (χ4n) is 1.75. The molecule has 0 aliphatic heterocycles. The van der Waals surface area contributed by atoms with Gasteiger partial charge >= 0.3 is 12.1 Å². The molecule has 5 nitrogen and oxygen atoms in total. The lowest BCUT2D eigenvalue weighted by atomic mass is 10.1. The number of hydrogen-bond acceptors (Lipinski definition) is 6. The van der Waals surface area contributed by atoms with Gasteiger partial charge in [0.15, 0.2) is 5.16 Å². The molecule has 2 aromatic rings. The van der Waals surface area contributed by atoms with E-state index in [1.165, 1.54) is 30.1 Å². The standard InChI is InChI=1S/C15H14F3N3O2S/c1-2-23-13(22)11-7-20-14(21-12(11)19)24-8-9-3-5-10(6-4-9)15(16,17)18/h3-7H,2,8H2,1H3,(H2,19,20,21).